The van der Waals surface area contributed by atoms with Crippen LogP contribution in [0.15, 0.2) is 48.5 Å². The molecule has 23 heavy (non-hydrogen) atoms. The smallest absolute Gasteiger partial charge is 0.254 e. The van der Waals surface area contributed by atoms with Gasteiger partial charge in [0.2, 0.25) is 0 Å². The number of nitrogens with zero attached hydrogens (tertiary/aromatic N) is 1. The van der Waals surface area contributed by atoms with Gasteiger partial charge < -0.3 is 10.6 Å². The lowest BCUT2D eigenvalue weighted by Crippen LogP contribution is -2.38. The molecule has 2 aromatic rings. The molecule has 1 aliphatic heterocycles. The summed E-state index contributed by atoms with van der Waals surface area (Å²) in [5.41, 5.74) is 9.92. The monoisotopic (exact) mass is 308 g/mol. The zero-order valence-electron chi connectivity index (χ0n) is 13.7. The summed E-state index contributed by atoms with van der Waals surface area (Å²) < 4.78 is 0. The Morgan fingerprint density at radius 3 is 2.43 bits per heavy atom. The zero-order valence-corrected chi connectivity index (χ0v) is 13.7. The minimum atomic E-state index is 0.124. The molecule has 0 saturated carbocycles. The van der Waals surface area contributed by atoms with Crippen molar-refractivity contribution in [3.8, 4) is 0 Å². The second-order valence-electron chi connectivity index (χ2n) is 6.32. The fourth-order valence-corrected chi connectivity index (χ4v) is 3.26. The standard InChI is InChI=1S/C20H24N2O/c1-15-5-9-17(10-6-15)19-4-2-3-13-22(19)20(23)18-11-7-16(14-21)8-12-18/h5-12,19H,2-4,13-14,21H2,1H3. The molecule has 3 rings (SSSR count). The van der Waals surface area contributed by atoms with Crippen LogP contribution in [-0.2, 0) is 6.54 Å². The predicted molar refractivity (Wildman–Crippen MR) is 93.1 cm³/mol. The average Bonchev–Trinajstić information content (AvgIpc) is 2.62. The van der Waals surface area contributed by atoms with Crippen LogP contribution in [-0.4, -0.2) is 17.4 Å². The topological polar surface area (TPSA) is 46.3 Å². The van der Waals surface area contributed by atoms with E-state index in [0.717, 1.165) is 30.5 Å². The molecule has 0 spiro atoms. The number of benzene rings is 2. The summed E-state index contributed by atoms with van der Waals surface area (Å²) in [5, 5.41) is 0. The first-order valence-corrected chi connectivity index (χ1v) is 8.35. The zero-order chi connectivity index (χ0) is 16.2. The summed E-state index contributed by atoms with van der Waals surface area (Å²) in [6, 6.07) is 16.4. The highest BCUT2D eigenvalue weighted by atomic mass is 16.2. The van der Waals surface area contributed by atoms with E-state index in [4.69, 9.17) is 5.73 Å². The molecule has 0 radical (unpaired) electrons. The van der Waals surface area contributed by atoms with Crippen molar-refractivity contribution in [2.75, 3.05) is 6.54 Å². The highest BCUT2D eigenvalue weighted by Gasteiger charge is 2.28. The van der Waals surface area contributed by atoms with Crippen LogP contribution < -0.4 is 5.73 Å². The Labute approximate surface area is 138 Å². The molecule has 3 heteroatoms. The van der Waals surface area contributed by atoms with Gasteiger partial charge in [0.1, 0.15) is 0 Å². The molecule has 0 bridgehead atoms. The van der Waals surface area contributed by atoms with Crippen LogP contribution in [0.4, 0.5) is 0 Å². The average molecular weight is 308 g/mol. The number of nitrogens with two attached hydrogens (primary N) is 1. The summed E-state index contributed by atoms with van der Waals surface area (Å²) in [6.45, 7) is 3.42. The molecule has 1 heterocycles. The molecule has 1 fully saturated rings. The summed E-state index contributed by atoms with van der Waals surface area (Å²) in [7, 11) is 0. The maximum atomic E-state index is 12.9. The number of hydrogen-bond donors (Lipinski definition) is 1. The van der Waals surface area contributed by atoms with E-state index >= 15 is 0 Å². The second-order valence-corrected chi connectivity index (χ2v) is 6.32. The van der Waals surface area contributed by atoms with Crippen LogP contribution in [0.1, 0.15) is 52.4 Å². The molecule has 3 nitrogen and oxygen atoms in total. The predicted octanol–water partition coefficient (Wildman–Crippen LogP) is 3.82. The van der Waals surface area contributed by atoms with Crippen LogP contribution in [0.5, 0.6) is 0 Å². The van der Waals surface area contributed by atoms with Crippen molar-refractivity contribution < 1.29 is 4.79 Å². The Kier molecular flexibility index (Phi) is 4.77. The van der Waals surface area contributed by atoms with E-state index < -0.39 is 0 Å². The molecule has 1 unspecified atom stereocenters. The van der Waals surface area contributed by atoms with Crippen LogP contribution in [0.3, 0.4) is 0 Å². The number of likely N-dealkylation sites (tertiary alicyclic amines) is 1. The third-order valence-electron chi connectivity index (χ3n) is 4.66. The van der Waals surface area contributed by atoms with Crippen LogP contribution >= 0.6 is 0 Å². The Morgan fingerprint density at radius 1 is 1.09 bits per heavy atom. The van der Waals surface area contributed by atoms with Crippen LogP contribution in [0, 0.1) is 6.92 Å². The van der Waals surface area contributed by atoms with E-state index in [-0.39, 0.29) is 11.9 Å². The Morgan fingerprint density at radius 2 is 1.78 bits per heavy atom. The lowest BCUT2D eigenvalue weighted by Gasteiger charge is -2.36. The van der Waals surface area contributed by atoms with Crippen molar-refractivity contribution in [2.24, 2.45) is 5.73 Å². The quantitative estimate of drug-likeness (QED) is 0.937. The SMILES string of the molecule is Cc1ccc(C2CCCCN2C(=O)c2ccc(CN)cc2)cc1. The summed E-state index contributed by atoms with van der Waals surface area (Å²) in [5.74, 6) is 0.124. The number of amides is 1. The third-order valence-corrected chi connectivity index (χ3v) is 4.66. The molecule has 1 aliphatic rings. The van der Waals surface area contributed by atoms with Crippen molar-refractivity contribution >= 4 is 5.91 Å². The second kappa shape index (κ2) is 6.97. The van der Waals surface area contributed by atoms with Crippen molar-refractivity contribution in [3.05, 3.63) is 70.8 Å². The normalized spacial score (nSPS) is 18.0. The lowest BCUT2D eigenvalue weighted by molar-refractivity contribution is 0.0611. The maximum absolute atomic E-state index is 12.9. The first kappa shape index (κ1) is 15.8. The molecular weight excluding hydrogens is 284 g/mol. The Bertz CT molecular complexity index is 661. The van der Waals surface area contributed by atoms with Gasteiger partial charge in [-0.05, 0) is 49.4 Å². The number of hydrogen-bond acceptors (Lipinski definition) is 2. The highest BCUT2D eigenvalue weighted by Crippen LogP contribution is 2.32. The summed E-state index contributed by atoms with van der Waals surface area (Å²) in [6.07, 6.45) is 3.29. The minimum absolute atomic E-state index is 0.124. The van der Waals surface area contributed by atoms with Gasteiger partial charge in [-0.15, -0.1) is 0 Å². The highest BCUT2D eigenvalue weighted by molar-refractivity contribution is 5.94. The number of carbonyl (C=O) groups is 1. The maximum Gasteiger partial charge on any atom is 0.254 e. The first-order chi connectivity index (χ1) is 11.2. The molecular formula is C20H24N2O. The van der Waals surface area contributed by atoms with E-state index in [2.05, 4.69) is 31.2 Å². The lowest BCUT2D eigenvalue weighted by atomic mass is 9.94. The number of carbonyl (C=O) groups excluding carboxylic acids is 1. The Balaban J connectivity index is 1.85. The number of rotatable bonds is 3. The van der Waals surface area contributed by atoms with Gasteiger partial charge in [-0.2, -0.15) is 0 Å². The Hall–Kier alpha value is -2.13. The molecule has 0 aliphatic carbocycles. The van der Waals surface area contributed by atoms with E-state index in [0.29, 0.717) is 6.54 Å². The van der Waals surface area contributed by atoms with Crippen molar-refractivity contribution in [3.63, 3.8) is 0 Å². The summed E-state index contributed by atoms with van der Waals surface area (Å²) >= 11 is 0. The summed E-state index contributed by atoms with van der Waals surface area (Å²) in [4.78, 5) is 15.0. The molecule has 0 aromatic heterocycles. The van der Waals surface area contributed by atoms with Gasteiger partial charge in [-0.1, -0.05) is 42.0 Å². The van der Waals surface area contributed by atoms with E-state index in [1.807, 2.05) is 29.2 Å². The van der Waals surface area contributed by atoms with Crippen molar-refractivity contribution in [1.82, 2.24) is 4.90 Å². The van der Waals surface area contributed by atoms with Crippen LogP contribution in [0.2, 0.25) is 0 Å². The van der Waals surface area contributed by atoms with Gasteiger partial charge in [0.05, 0.1) is 6.04 Å². The molecule has 1 saturated heterocycles. The van der Waals surface area contributed by atoms with Crippen LogP contribution in [0.25, 0.3) is 0 Å². The molecule has 2 N–H and O–H groups in total. The van der Waals surface area contributed by atoms with Gasteiger partial charge in [-0.3, -0.25) is 4.79 Å². The van der Waals surface area contributed by atoms with E-state index in [1.165, 1.54) is 17.5 Å². The molecule has 1 amide bonds. The van der Waals surface area contributed by atoms with Crippen molar-refractivity contribution in [2.45, 2.75) is 38.8 Å². The number of aryl methyl sites for hydroxylation is 1. The minimum Gasteiger partial charge on any atom is -0.332 e. The molecule has 2 aromatic carbocycles. The van der Waals surface area contributed by atoms with Gasteiger partial charge in [0.15, 0.2) is 0 Å². The number of piperidine rings is 1. The molecule has 120 valence electrons. The van der Waals surface area contributed by atoms with Gasteiger partial charge in [-0.25, -0.2) is 0 Å². The van der Waals surface area contributed by atoms with Gasteiger partial charge >= 0.3 is 0 Å². The fraction of sp³-hybridized carbons (Fsp3) is 0.350. The van der Waals surface area contributed by atoms with E-state index in [9.17, 15) is 4.79 Å². The largest absolute Gasteiger partial charge is 0.332 e. The molecule has 1 atom stereocenters. The fourth-order valence-electron chi connectivity index (χ4n) is 3.26. The van der Waals surface area contributed by atoms with Gasteiger partial charge in [0, 0.05) is 18.7 Å². The van der Waals surface area contributed by atoms with Gasteiger partial charge in [0.25, 0.3) is 5.91 Å². The van der Waals surface area contributed by atoms with Crippen molar-refractivity contribution in [1.29, 1.82) is 0 Å². The first-order valence-electron chi connectivity index (χ1n) is 8.35. The third kappa shape index (κ3) is 3.45. The van der Waals surface area contributed by atoms with E-state index in [1.54, 1.807) is 0 Å².